The first kappa shape index (κ1) is 20.5. The van der Waals surface area contributed by atoms with Gasteiger partial charge in [-0.2, -0.15) is 0 Å². The molecule has 1 aliphatic rings. The number of aromatic nitrogens is 3. The number of nitrogens with two attached hydrogens (primary N) is 1. The van der Waals surface area contributed by atoms with Crippen molar-refractivity contribution in [2.45, 2.75) is 45.7 Å². The number of nitrogens with one attached hydrogen (secondary N) is 1. The maximum Gasteiger partial charge on any atom is 0.247 e. The molecule has 1 aliphatic heterocycles. The monoisotopic (exact) mass is 384 g/mol. The van der Waals surface area contributed by atoms with Crippen molar-refractivity contribution in [3.05, 3.63) is 47.3 Å². The Bertz CT molecular complexity index is 765. The summed E-state index contributed by atoms with van der Waals surface area (Å²) in [5.74, 6) is 0.296. The molecule has 1 saturated heterocycles. The number of hydrogen-bond acceptors (Lipinski definition) is 5. The largest absolute Gasteiger partial charge is 0.338 e. The maximum absolute atomic E-state index is 13.2. The molecule has 3 N–H and O–H groups in total. The summed E-state index contributed by atoms with van der Waals surface area (Å²) < 4.78 is 1.73. The van der Waals surface area contributed by atoms with Gasteiger partial charge in [0.1, 0.15) is 6.04 Å². The Hall–Kier alpha value is -2.25. The maximum atomic E-state index is 13.2. The van der Waals surface area contributed by atoms with Gasteiger partial charge >= 0.3 is 0 Å². The number of aryl methyl sites for hydroxylation is 1. The van der Waals surface area contributed by atoms with Crippen LogP contribution >= 0.6 is 0 Å². The average Bonchev–Trinajstić information content (AvgIpc) is 3.20. The van der Waals surface area contributed by atoms with Crippen LogP contribution in [0.5, 0.6) is 0 Å². The van der Waals surface area contributed by atoms with E-state index in [1.165, 1.54) is 11.1 Å². The summed E-state index contributed by atoms with van der Waals surface area (Å²) >= 11 is 0. The van der Waals surface area contributed by atoms with Crippen molar-refractivity contribution < 1.29 is 4.79 Å². The Kier molecular flexibility index (Phi) is 6.80. The van der Waals surface area contributed by atoms with Gasteiger partial charge in [-0.1, -0.05) is 55.3 Å². The Balaban J connectivity index is 1.75. The van der Waals surface area contributed by atoms with Crippen molar-refractivity contribution in [2.75, 3.05) is 26.2 Å². The summed E-state index contributed by atoms with van der Waals surface area (Å²) in [4.78, 5) is 15.1. The minimum absolute atomic E-state index is 0.124. The lowest BCUT2D eigenvalue weighted by Gasteiger charge is -2.32. The molecule has 1 fully saturated rings. The van der Waals surface area contributed by atoms with Crippen LogP contribution in [0.15, 0.2) is 30.5 Å². The van der Waals surface area contributed by atoms with Crippen LogP contribution < -0.4 is 11.1 Å². The fourth-order valence-corrected chi connectivity index (χ4v) is 3.59. The standard InChI is InChI=1S/C21H32N6O/c1-4-16(3)20(21(28)26-11-9-23-10-12-26)27-14-19(24-25-27)18(22)13-17-7-5-15(2)6-8-17/h5-8,14,16,18,20,23H,4,9-13,22H2,1-3H3/t16-,18-,20-/m0/s1. The molecule has 1 aromatic carbocycles. The number of benzene rings is 1. The van der Waals surface area contributed by atoms with Gasteiger partial charge in [0.05, 0.1) is 17.9 Å². The third-order valence-electron chi connectivity index (χ3n) is 5.63. The third kappa shape index (κ3) is 4.77. The molecule has 3 atom stereocenters. The molecule has 28 heavy (non-hydrogen) atoms. The van der Waals surface area contributed by atoms with Crippen molar-refractivity contribution in [1.29, 1.82) is 0 Å². The predicted molar refractivity (Wildman–Crippen MR) is 110 cm³/mol. The van der Waals surface area contributed by atoms with Crippen molar-refractivity contribution in [1.82, 2.24) is 25.2 Å². The van der Waals surface area contributed by atoms with E-state index in [0.29, 0.717) is 6.42 Å². The molecule has 0 saturated carbocycles. The van der Waals surface area contributed by atoms with Crippen LogP contribution in [0, 0.1) is 12.8 Å². The minimum atomic E-state index is -0.337. The molecule has 0 unspecified atom stereocenters. The van der Waals surface area contributed by atoms with Crippen LogP contribution in [0.2, 0.25) is 0 Å². The smallest absolute Gasteiger partial charge is 0.247 e. The number of hydrogen-bond donors (Lipinski definition) is 2. The summed E-state index contributed by atoms with van der Waals surface area (Å²) in [5, 5.41) is 11.9. The average molecular weight is 385 g/mol. The highest BCUT2D eigenvalue weighted by atomic mass is 16.2. The van der Waals surface area contributed by atoms with E-state index in [4.69, 9.17) is 5.73 Å². The second kappa shape index (κ2) is 9.30. The Morgan fingerprint density at radius 3 is 2.57 bits per heavy atom. The molecule has 152 valence electrons. The highest BCUT2D eigenvalue weighted by Crippen LogP contribution is 2.24. The van der Waals surface area contributed by atoms with E-state index in [1.807, 2.05) is 11.1 Å². The molecule has 0 radical (unpaired) electrons. The van der Waals surface area contributed by atoms with Crippen LogP contribution in [0.3, 0.4) is 0 Å². The first-order chi connectivity index (χ1) is 13.5. The Labute approximate surface area is 167 Å². The lowest BCUT2D eigenvalue weighted by molar-refractivity contribution is -0.137. The number of carbonyl (C=O) groups excluding carboxylic acids is 1. The van der Waals surface area contributed by atoms with Gasteiger partial charge in [-0.25, -0.2) is 4.68 Å². The van der Waals surface area contributed by atoms with Crippen LogP contribution in [0.4, 0.5) is 0 Å². The lowest BCUT2D eigenvalue weighted by Crippen LogP contribution is -2.49. The number of rotatable bonds is 7. The van der Waals surface area contributed by atoms with E-state index in [0.717, 1.165) is 38.3 Å². The fraction of sp³-hybridized carbons (Fsp3) is 0.571. The van der Waals surface area contributed by atoms with E-state index in [2.05, 4.69) is 60.7 Å². The number of amides is 1. The molecule has 1 amide bonds. The van der Waals surface area contributed by atoms with Crippen molar-refractivity contribution in [2.24, 2.45) is 11.7 Å². The zero-order chi connectivity index (χ0) is 20.1. The predicted octanol–water partition coefficient (Wildman–Crippen LogP) is 1.85. The van der Waals surface area contributed by atoms with E-state index in [1.54, 1.807) is 4.68 Å². The molecule has 1 aromatic heterocycles. The number of nitrogens with zero attached hydrogens (tertiary/aromatic N) is 4. The zero-order valence-corrected chi connectivity index (χ0v) is 17.1. The first-order valence-corrected chi connectivity index (χ1v) is 10.2. The Morgan fingerprint density at radius 1 is 1.25 bits per heavy atom. The summed E-state index contributed by atoms with van der Waals surface area (Å²) in [6.07, 6.45) is 3.45. The van der Waals surface area contributed by atoms with Crippen LogP contribution in [0.1, 0.15) is 49.2 Å². The highest BCUT2D eigenvalue weighted by molar-refractivity contribution is 5.80. The van der Waals surface area contributed by atoms with Crippen LogP contribution in [-0.2, 0) is 11.2 Å². The third-order valence-corrected chi connectivity index (χ3v) is 5.63. The van der Waals surface area contributed by atoms with Crippen LogP contribution in [0.25, 0.3) is 0 Å². The van der Waals surface area contributed by atoms with E-state index < -0.39 is 0 Å². The molecule has 7 heteroatoms. The second-order valence-corrected chi connectivity index (χ2v) is 7.83. The van der Waals surface area contributed by atoms with E-state index >= 15 is 0 Å². The summed E-state index contributed by atoms with van der Waals surface area (Å²) in [6, 6.07) is 7.78. The van der Waals surface area contributed by atoms with Crippen LogP contribution in [-0.4, -0.2) is 52.0 Å². The first-order valence-electron chi connectivity index (χ1n) is 10.2. The molecule has 0 aliphatic carbocycles. The molecule has 0 bridgehead atoms. The topological polar surface area (TPSA) is 89.1 Å². The van der Waals surface area contributed by atoms with E-state index in [9.17, 15) is 4.79 Å². The zero-order valence-electron chi connectivity index (χ0n) is 17.1. The quantitative estimate of drug-likeness (QED) is 0.760. The molecule has 2 heterocycles. The van der Waals surface area contributed by atoms with Gasteiger partial charge in [-0.3, -0.25) is 4.79 Å². The molecular weight excluding hydrogens is 352 g/mol. The lowest BCUT2D eigenvalue weighted by atomic mass is 9.97. The normalized spacial score (nSPS) is 17.9. The van der Waals surface area contributed by atoms with Crippen molar-refractivity contribution >= 4 is 5.91 Å². The summed E-state index contributed by atoms with van der Waals surface area (Å²) in [7, 11) is 0. The number of piperazine rings is 1. The summed E-state index contributed by atoms with van der Waals surface area (Å²) in [6.45, 7) is 9.41. The van der Waals surface area contributed by atoms with Crippen molar-refractivity contribution in [3.63, 3.8) is 0 Å². The van der Waals surface area contributed by atoms with Gasteiger partial charge in [-0.05, 0) is 24.8 Å². The minimum Gasteiger partial charge on any atom is -0.338 e. The molecule has 0 spiro atoms. The molecule has 2 aromatic rings. The molecule has 3 rings (SSSR count). The SMILES string of the molecule is CC[C@H](C)[C@@H](C(=O)N1CCNCC1)n1cc([C@@H](N)Cc2ccc(C)cc2)nn1. The van der Waals surface area contributed by atoms with Gasteiger partial charge in [0.2, 0.25) is 5.91 Å². The van der Waals surface area contributed by atoms with Gasteiger partial charge in [0.25, 0.3) is 0 Å². The molecular formula is C21H32N6O. The van der Waals surface area contributed by atoms with Gasteiger partial charge < -0.3 is 16.0 Å². The van der Waals surface area contributed by atoms with Gasteiger partial charge in [-0.15, -0.1) is 5.10 Å². The Morgan fingerprint density at radius 2 is 1.93 bits per heavy atom. The van der Waals surface area contributed by atoms with Crippen molar-refractivity contribution in [3.8, 4) is 0 Å². The van der Waals surface area contributed by atoms with Gasteiger partial charge in [0, 0.05) is 26.2 Å². The van der Waals surface area contributed by atoms with Gasteiger partial charge in [0.15, 0.2) is 0 Å². The highest BCUT2D eigenvalue weighted by Gasteiger charge is 2.32. The summed E-state index contributed by atoms with van der Waals surface area (Å²) in [5.41, 5.74) is 9.51. The molecule has 7 nitrogen and oxygen atoms in total. The fourth-order valence-electron chi connectivity index (χ4n) is 3.59. The van der Waals surface area contributed by atoms with E-state index in [-0.39, 0.29) is 23.9 Å². The second-order valence-electron chi connectivity index (χ2n) is 7.83. The number of carbonyl (C=O) groups is 1.